The number of carbonyl (C=O) groups is 3. The molecule has 2 saturated heterocycles. The number of nitro benzene ring substituents is 1. The standard InChI is InChI=1S/C26H20BrN3O7/c27-15-9-10-19(31)18(11-15)22-20-21(26(28-22,25(34)35)13-14-5-2-1-3-6-14)24(33)29(23(20)32)16-7-4-8-17(12-16)30(36)37/h1-12,20-22,28,31H,13H2,(H,34,35). The van der Waals surface area contributed by atoms with Gasteiger partial charge in [0.25, 0.3) is 5.69 Å². The molecular formula is C26H20BrN3O7. The number of benzene rings is 3. The van der Waals surface area contributed by atoms with E-state index in [1.165, 1.54) is 24.3 Å². The van der Waals surface area contributed by atoms with E-state index < -0.39 is 46.1 Å². The zero-order valence-corrected chi connectivity index (χ0v) is 20.7. The quantitative estimate of drug-likeness (QED) is 0.233. The Labute approximate surface area is 218 Å². The fourth-order valence-corrected chi connectivity index (χ4v) is 5.78. The van der Waals surface area contributed by atoms with Gasteiger partial charge in [0.05, 0.1) is 22.4 Å². The number of fused-ring (bicyclic) bond motifs is 1. The Morgan fingerprint density at radius 1 is 1.05 bits per heavy atom. The van der Waals surface area contributed by atoms with E-state index in [0.717, 1.165) is 11.0 Å². The maximum atomic E-state index is 13.9. The average Bonchev–Trinajstić information content (AvgIpc) is 3.35. The van der Waals surface area contributed by atoms with Crippen LogP contribution in [0.4, 0.5) is 11.4 Å². The van der Waals surface area contributed by atoms with Gasteiger partial charge in [0.15, 0.2) is 0 Å². The second kappa shape index (κ2) is 9.09. The van der Waals surface area contributed by atoms with Crippen molar-refractivity contribution in [2.75, 3.05) is 4.90 Å². The Morgan fingerprint density at radius 2 is 1.78 bits per heavy atom. The molecule has 37 heavy (non-hydrogen) atoms. The minimum Gasteiger partial charge on any atom is -0.508 e. The monoisotopic (exact) mass is 565 g/mol. The molecule has 4 atom stereocenters. The number of nitro groups is 1. The predicted molar refractivity (Wildman–Crippen MR) is 135 cm³/mol. The number of hydrogen-bond acceptors (Lipinski definition) is 7. The lowest BCUT2D eigenvalue weighted by Crippen LogP contribution is -2.57. The maximum Gasteiger partial charge on any atom is 0.325 e. The van der Waals surface area contributed by atoms with Crippen molar-refractivity contribution in [3.05, 3.63) is 98.5 Å². The molecule has 10 nitrogen and oxygen atoms in total. The van der Waals surface area contributed by atoms with Crippen LogP contribution in [0.1, 0.15) is 17.2 Å². The SMILES string of the molecule is O=C1C2C(c3cc(Br)ccc3O)NC(Cc3ccccc3)(C(=O)O)C2C(=O)N1c1cccc([N+](=O)[O-])c1. The molecule has 0 aliphatic carbocycles. The van der Waals surface area contributed by atoms with Crippen LogP contribution in [0, 0.1) is 22.0 Å². The summed E-state index contributed by atoms with van der Waals surface area (Å²) >= 11 is 3.34. The molecule has 188 valence electrons. The van der Waals surface area contributed by atoms with Gasteiger partial charge in [-0.1, -0.05) is 52.3 Å². The topological polar surface area (TPSA) is 150 Å². The van der Waals surface area contributed by atoms with Gasteiger partial charge < -0.3 is 10.2 Å². The lowest BCUT2D eigenvalue weighted by atomic mass is 9.76. The third kappa shape index (κ3) is 3.96. The number of rotatable bonds is 6. The summed E-state index contributed by atoms with van der Waals surface area (Å²) in [6.45, 7) is 0. The smallest absolute Gasteiger partial charge is 0.325 e. The van der Waals surface area contributed by atoms with E-state index in [0.29, 0.717) is 10.0 Å². The molecule has 3 aromatic rings. The number of carboxylic acids is 1. The van der Waals surface area contributed by atoms with Gasteiger partial charge in [0.1, 0.15) is 11.3 Å². The van der Waals surface area contributed by atoms with Gasteiger partial charge in [-0.3, -0.25) is 29.8 Å². The molecule has 5 rings (SSSR count). The average molecular weight is 566 g/mol. The first kappa shape index (κ1) is 24.6. The van der Waals surface area contributed by atoms with Gasteiger partial charge in [0, 0.05) is 34.6 Å². The molecule has 2 aliphatic rings. The first-order chi connectivity index (χ1) is 17.6. The highest BCUT2D eigenvalue weighted by Crippen LogP contribution is 2.52. The Hall–Kier alpha value is -4.09. The number of phenols is 1. The number of halogens is 1. The summed E-state index contributed by atoms with van der Waals surface area (Å²) in [4.78, 5) is 52.2. The van der Waals surface area contributed by atoms with Crippen LogP contribution in [0.25, 0.3) is 0 Å². The first-order valence-electron chi connectivity index (χ1n) is 11.3. The van der Waals surface area contributed by atoms with Crippen molar-refractivity contribution in [1.29, 1.82) is 0 Å². The Bertz CT molecular complexity index is 1450. The first-order valence-corrected chi connectivity index (χ1v) is 12.1. The second-order valence-electron chi connectivity index (χ2n) is 9.06. The van der Waals surface area contributed by atoms with Gasteiger partial charge in [-0.15, -0.1) is 0 Å². The molecule has 2 aliphatic heterocycles. The van der Waals surface area contributed by atoms with Gasteiger partial charge in [0.2, 0.25) is 11.8 Å². The lowest BCUT2D eigenvalue weighted by molar-refractivity contribution is -0.384. The highest BCUT2D eigenvalue weighted by atomic mass is 79.9. The van der Waals surface area contributed by atoms with E-state index in [-0.39, 0.29) is 29.1 Å². The molecule has 0 aromatic heterocycles. The van der Waals surface area contributed by atoms with Crippen molar-refractivity contribution in [3.63, 3.8) is 0 Å². The van der Waals surface area contributed by atoms with Crippen LogP contribution < -0.4 is 10.2 Å². The highest BCUT2D eigenvalue weighted by molar-refractivity contribution is 9.10. The molecule has 11 heteroatoms. The fraction of sp³-hybridized carbons (Fsp3) is 0.192. The number of hydrogen-bond donors (Lipinski definition) is 3. The number of nitrogens with zero attached hydrogens (tertiary/aromatic N) is 2. The van der Waals surface area contributed by atoms with Crippen molar-refractivity contribution in [2.24, 2.45) is 11.8 Å². The van der Waals surface area contributed by atoms with Crippen LogP contribution in [0.3, 0.4) is 0 Å². The molecule has 2 amide bonds. The molecule has 0 radical (unpaired) electrons. The van der Waals surface area contributed by atoms with Crippen molar-refractivity contribution >= 4 is 45.1 Å². The summed E-state index contributed by atoms with van der Waals surface area (Å²) < 4.78 is 0.585. The molecule has 3 aromatic carbocycles. The molecule has 2 heterocycles. The molecule has 0 spiro atoms. The van der Waals surface area contributed by atoms with E-state index in [1.54, 1.807) is 42.5 Å². The van der Waals surface area contributed by atoms with E-state index in [1.807, 2.05) is 0 Å². The number of amides is 2. The fourth-order valence-electron chi connectivity index (χ4n) is 5.40. The summed E-state index contributed by atoms with van der Waals surface area (Å²) in [5, 5.41) is 35.6. The van der Waals surface area contributed by atoms with Crippen LogP contribution in [0.5, 0.6) is 5.75 Å². The number of carbonyl (C=O) groups excluding carboxylic acids is 2. The third-order valence-electron chi connectivity index (χ3n) is 6.99. The summed E-state index contributed by atoms with van der Waals surface area (Å²) in [7, 11) is 0. The van der Waals surface area contributed by atoms with Gasteiger partial charge >= 0.3 is 5.97 Å². The number of non-ortho nitro benzene ring substituents is 1. The Kier molecular flexibility index (Phi) is 6.04. The number of imide groups is 1. The van der Waals surface area contributed by atoms with E-state index in [9.17, 15) is 34.7 Å². The molecule has 0 saturated carbocycles. The van der Waals surface area contributed by atoms with Crippen LogP contribution in [0.2, 0.25) is 0 Å². The zero-order valence-electron chi connectivity index (χ0n) is 19.1. The van der Waals surface area contributed by atoms with Crippen LogP contribution >= 0.6 is 15.9 Å². The van der Waals surface area contributed by atoms with E-state index in [2.05, 4.69) is 21.2 Å². The van der Waals surface area contributed by atoms with Crippen LogP contribution in [-0.2, 0) is 20.8 Å². The molecule has 2 fully saturated rings. The van der Waals surface area contributed by atoms with Gasteiger partial charge in [-0.25, -0.2) is 4.90 Å². The number of aromatic hydroxyl groups is 1. The van der Waals surface area contributed by atoms with Gasteiger partial charge in [-0.2, -0.15) is 0 Å². The van der Waals surface area contributed by atoms with E-state index >= 15 is 0 Å². The molecular weight excluding hydrogens is 546 g/mol. The predicted octanol–water partition coefficient (Wildman–Crippen LogP) is 3.58. The number of anilines is 1. The van der Waals surface area contributed by atoms with E-state index in [4.69, 9.17) is 0 Å². The second-order valence-corrected chi connectivity index (χ2v) is 9.97. The molecule has 0 bridgehead atoms. The largest absolute Gasteiger partial charge is 0.508 e. The van der Waals surface area contributed by atoms with Crippen molar-refractivity contribution in [3.8, 4) is 5.75 Å². The van der Waals surface area contributed by atoms with Crippen molar-refractivity contribution in [2.45, 2.75) is 18.0 Å². The normalized spacial score (nSPS) is 24.8. The van der Waals surface area contributed by atoms with Crippen molar-refractivity contribution < 1.29 is 29.5 Å². The molecule has 3 N–H and O–H groups in total. The number of nitrogens with one attached hydrogen (secondary N) is 1. The summed E-state index contributed by atoms with van der Waals surface area (Å²) in [6.07, 6.45) is -0.114. The number of carboxylic acid groups (broad SMARTS) is 1. The minimum absolute atomic E-state index is 0.0187. The minimum atomic E-state index is -1.90. The number of phenolic OH excluding ortho intramolecular Hbond substituents is 1. The summed E-state index contributed by atoms with van der Waals surface area (Å²) in [6, 6.07) is 17.3. The summed E-state index contributed by atoms with van der Waals surface area (Å²) in [5.41, 5.74) is -1.35. The zero-order chi connectivity index (χ0) is 26.5. The number of aliphatic carboxylic acids is 1. The maximum absolute atomic E-state index is 13.9. The van der Waals surface area contributed by atoms with Crippen molar-refractivity contribution in [1.82, 2.24) is 5.32 Å². The Balaban J connectivity index is 1.69. The molecule has 4 unspecified atom stereocenters. The van der Waals surface area contributed by atoms with Crippen LogP contribution in [0.15, 0.2) is 77.3 Å². The lowest BCUT2D eigenvalue weighted by Gasteiger charge is -2.31. The highest BCUT2D eigenvalue weighted by Gasteiger charge is 2.69. The third-order valence-corrected chi connectivity index (χ3v) is 7.48. The van der Waals surface area contributed by atoms with Gasteiger partial charge in [-0.05, 0) is 29.8 Å². The Morgan fingerprint density at radius 3 is 2.46 bits per heavy atom. The van der Waals surface area contributed by atoms with Crippen LogP contribution in [-0.4, -0.2) is 38.5 Å². The summed E-state index contributed by atoms with van der Waals surface area (Å²) in [5.74, 6) is -5.52.